The Kier molecular flexibility index (Phi) is 7.31. The first-order valence-electron chi connectivity index (χ1n) is 10.3. The number of nitrogens with one attached hydrogen (secondary N) is 1. The number of alkyl halides is 3. The molecule has 0 spiro atoms. The van der Waals surface area contributed by atoms with Crippen molar-refractivity contribution in [1.82, 2.24) is 9.55 Å². The molecule has 0 saturated heterocycles. The normalized spacial score (nSPS) is 12.8. The highest BCUT2D eigenvalue weighted by Crippen LogP contribution is 2.33. The number of fused-ring (bicyclic) bond motifs is 1. The fourth-order valence-corrected chi connectivity index (χ4v) is 5.31. The molecule has 1 aliphatic rings. The lowest BCUT2D eigenvalue weighted by Gasteiger charge is -2.15. The van der Waals surface area contributed by atoms with E-state index in [0.717, 1.165) is 28.5 Å². The fourth-order valence-electron chi connectivity index (χ4n) is 3.46. The van der Waals surface area contributed by atoms with Gasteiger partial charge < -0.3 is 14.8 Å². The largest absolute Gasteiger partial charge is 0.497 e. The summed E-state index contributed by atoms with van der Waals surface area (Å²) in [7, 11) is 2.97. The Morgan fingerprint density at radius 2 is 2.00 bits per heavy atom. The molecular weight excluding hydrogens is 503 g/mol. The maximum Gasteiger partial charge on any atom is 0.416 e. The molecule has 0 bridgehead atoms. The standard InChI is InChI=1S/C23H20F3N3O4S2/c1-32-15-6-7-16(18(11-15)33-2)27-19(30)12-35-22-28-17-8-9-34-20(17)21(31)29(22)14-5-3-4-13(10-14)23(24,25)26/h3-7,10-11H,8-9,12H2,1-2H3,(H,27,30). The molecule has 0 atom stereocenters. The van der Waals surface area contributed by atoms with E-state index in [2.05, 4.69) is 10.3 Å². The number of hydrogen-bond acceptors (Lipinski definition) is 7. The first-order chi connectivity index (χ1) is 16.7. The minimum atomic E-state index is -4.57. The van der Waals surface area contributed by atoms with E-state index in [4.69, 9.17) is 9.47 Å². The Balaban J connectivity index is 1.63. The molecule has 0 aliphatic carbocycles. The topological polar surface area (TPSA) is 82.5 Å². The number of carbonyl (C=O) groups excluding carboxylic acids is 1. The number of carbonyl (C=O) groups is 1. The van der Waals surface area contributed by atoms with Crippen LogP contribution in [0.25, 0.3) is 5.69 Å². The van der Waals surface area contributed by atoms with Gasteiger partial charge >= 0.3 is 6.18 Å². The highest BCUT2D eigenvalue weighted by atomic mass is 32.2. The van der Waals surface area contributed by atoms with E-state index in [0.29, 0.717) is 39.9 Å². The van der Waals surface area contributed by atoms with E-state index in [9.17, 15) is 22.8 Å². The van der Waals surface area contributed by atoms with Gasteiger partial charge in [0.25, 0.3) is 5.56 Å². The molecule has 0 fully saturated rings. The molecule has 0 saturated carbocycles. The average molecular weight is 524 g/mol. The van der Waals surface area contributed by atoms with Crippen LogP contribution in [-0.2, 0) is 17.4 Å². The molecule has 0 unspecified atom stereocenters. The lowest BCUT2D eigenvalue weighted by Crippen LogP contribution is -2.25. The number of thioether (sulfide) groups is 2. The maximum absolute atomic E-state index is 13.3. The highest BCUT2D eigenvalue weighted by Gasteiger charge is 2.31. The number of methoxy groups -OCH3 is 2. The third-order valence-electron chi connectivity index (χ3n) is 5.11. The monoisotopic (exact) mass is 523 g/mol. The molecule has 1 N–H and O–H groups in total. The van der Waals surface area contributed by atoms with Crippen LogP contribution in [0, 0.1) is 0 Å². The summed E-state index contributed by atoms with van der Waals surface area (Å²) in [5.41, 5.74) is -0.283. The molecule has 2 heterocycles. The van der Waals surface area contributed by atoms with Gasteiger partial charge in [0.1, 0.15) is 11.5 Å². The number of aryl methyl sites for hydroxylation is 1. The zero-order valence-electron chi connectivity index (χ0n) is 18.6. The lowest BCUT2D eigenvalue weighted by atomic mass is 10.2. The van der Waals surface area contributed by atoms with Gasteiger partial charge in [-0.05, 0) is 30.3 Å². The number of aromatic nitrogens is 2. The molecule has 2 aromatic carbocycles. The molecule has 1 amide bonds. The van der Waals surface area contributed by atoms with Crippen LogP contribution in [0.2, 0.25) is 0 Å². The van der Waals surface area contributed by atoms with Crippen molar-refractivity contribution >= 4 is 35.1 Å². The second kappa shape index (κ2) is 10.2. The van der Waals surface area contributed by atoms with E-state index in [-0.39, 0.29) is 16.6 Å². The summed E-state index contributed by atoms with van der Waals surface area (Å²) in [5, 5.41) is 2.88. The minimum absolute atomic E-state index is 0.0346. The molecule has 0 radical (unpaired) electrons. The van der Waals surface area contributed by atoms with Crippen molar-refractivity contribution in [3.8, 4) is 17.2 Å². The smallest absolute Gasteiger partial charge is 0.416 e. The second-order valence-corrected chi connectivity index (χ2v) is 9.41. The van der Waals surface area contributed by atoms with Crippen molar-refractivity contribution in [2.24, 2.45) is 0 Å². The van der Waals surface area contributed by atoms with Crippen LogP contribution in [0.4, 0.5) is 18.9 Å². The Labute approximate surface area is 207 Å². The molecule has 35 heavy (non-hydrogen) atoms. The van der Waals surface area contributed by atoms with Gasteiger partial charge in [-0.3, -0.25) is 14.2 Å². The molecule has 3 aromatic rings. The number of hydrogen-bond donors (Lipinski definition) is 1. The molecule has 4 rings (SSSR count). The molecule has 184 valence electrons. The number of halogens is 3. The number of ether oxygens (including phenoxy) is 2. The zero-order chi connectivity index (χ0) is 25.2. The number of benzene rings is 2. The quantitative estimate of drug-likeness (QED) is 0.357. The van der Waals surface area contributed by atoms with Gasteiger partial charge in [0.2, 0.25) is 5.91 Å². The van der Waals surface area contributed by atoms with Crippen molar-refractivity contribution in [3.63, 3.8) is 0 Å². The summed E-state index contributed by atoms with van der Waals surface area (Å²) in [6, 6.07) is 9.40. The van der Waals surface area contributed by atoms with Gasteiger partial charge in [-0.15, -0.1) is 11.8 Å². The third-order valence-corrected chi connectivity index (χ3v) is 7.16. The first-order valence-corrected chi connectivity index (χ1v) is 12.3. The van der Waals surface area contributed by atoms with E-state index >= 15 is 0 Å². The molecular formula is C23H20F3N3O4S2. The van der Waals surface area contributed by atoms with Crippen molar-refractivity contribution in [3.05, 3.63) is 64.1 Å². The van der Waals surface area contributed by atoms with Gasteiger partial charge in [0.15, 0.2) is 5.16 Å². The summed E-state index contributed by atoms with van der Waals surface area (Å²) in [6.45, 7) is 0. The Morgan fingerprint density at radius 3 is 2.71 bits per heavy atom. The number of amides is 1. The molecule has 1 aliphatic heterocycles. The Hall–Kier alpha value is -3.12. The summed E-state index contributed by atoms with van der Waals surface area (Å²) in [6.07, 6.45) is -4.00. The Morgan fingerprint density at radius 1 is 1.20 bits per heavy atom. The van der Waals surface area contributed by atoms with Gasteiger partial charge in [0, 0.05) is 18.2 Å². The van der Waals surface area contributed by atoms with Crippen LogP contribution in [0.15, 0.2) is 57.3 Å². The maximum atomic E-state index is 13.3. The minimum Gasteiger partial charge on any atom is -0.497 e. The van der Waals surface area contributed by atoms with Crippen LogP contribution in [-0.4, -0.2) is 41.2 Å². The predicted octanol–water partition coefficient (Wildman–Crippen LogP) is 4.65. The fraction of sp³-hybridized carbons (Fsp3) is 0.261. The Bertz CT molecular complexity index is 1330. The van der Waals surface area contributed by atoms with Crippen molar-refractivity contribution in [2.45, 2.75) is 22.6 Å². The SMILES string of the molecule is COc1ccc(NC(=O)CSc2nc3c(c(=O)n2-c2cccc(C(F)(F)F)c2)SCC3)c(OC)c1. The highest BCUT2D eigenvalue weighted by molar-refractivity contribution is 8.00. The van der Waals surface area contributed by atoms with Gasteiger partial charge in [-0.2, -0.15) is 13.2 Å². The van der Waals surface area contributed by atoms with Crippen molar-refractivity contribution in [1.29, 1.82) is 0 Å². The van der Waals surface area contributed by atoms with Gasteiger partial charge in [0.05, 0.1) is 47.5 Å². The van der Waals surface area contributed by atoms with Crippen LogP contribution in [0.3, 0.4) is 0 Å². The van der Waals surface area contributed by atoms with Crippen molar-refractivity contribution in [2.75, 3.05) is 31.0 Å². The van der Waals surface area contributed by atoms with Crippen LogP contribution >= 0.6 is 23.5 Å². The van der Waals surface area contributed by atoms with E-state index in [1.54, 1.807) is 18.2 Å². The molecule has 1 aromatic heterocycles. The zero-order valence-corrected chi connectivity index (χ0v) is 20.3. The van der Waals surface area contributed by atoms with Crippen LogP contribution in [0.5, 0.6) is 11.5 Å². The van der Waals surface area contributed by atoms with Crippen LogP contribution < -0.4 is 20.3 Å². The number of rotatable bonds is 7. The second-order valence-electron chi connectivity index (χ2n) is 7.36. The van der Waals surface area contributed by atoms with E-state index in [1.807, 2.05) is 0 Å². The first kappa shape index (κ1) is 25.0. The average Bonchev–Trinajstić information content (AvgIpc) is 3.31. The van der Waals surface area contributed by atoms with Crippen molar-refractivity contribution < 1.29 is 27.4 Å². The predicted molar refractivity (Wildman–Crippen MR) is 128 cm³/mol. The molecule has 7 nitrogen and oxygen atoms in total. The van der Waals surface area contributed by atoms with Gasteiger partial charge in [-0.25, -0.2) is 4.98 Å². The summed E-state index contributed by atoms with van der Waals surface area (Å²) >= 11 is 2.29. The van der Waals surface area contributed by atoms with Crippen LogP contribution in [0.1, 0.15) is 11.3 Å². The lowest BCUT2D eigenvalue weighted by molar-refractivity contribution is -0.137. The summed E-state index contributed by atoms with van der Waals surface area (Å²) < 4.78 is 51.4. The third kappa shape index (κ3) is 5.43. The van der Waals surface area contributed by atoms with Gasteiger partial charge in [-0.1, -0.05) is 17.8 Å². The van der Waals surface area contributed by atoms with E-state index < -0.39 is 23.2 Å². The summed E-state index contributed by atoms with van der Waals surface area (Å²) in [4.78, 5) is 30.8. The number of anilines is 1. The number of nitrogens with zero attached hydrogens (tertiary/aromatic N) is 2. The van der Waals surface area contributed by atoms with E-state index in [1.165, 1.54) is 38.1 Å². The molecule has 12 heteroatoms. The summed E-state index contributed by atoms with van der Waals surface area (Å²) in [5.74, 6) is 1.08.